The molecular formula is C16H11BrN2O4S. The maximum atomic E-state index is 12.7. The molecule has 1 aliphatic heterocycles. The van der Waals surface area contributed by atoms with Crippen molar-refractivity contribution in [3.05, 3.63) is 50.6 Å². The number of hydrogen-bond acceptors (Lipinski definition) is 5. The summed E-state index contributed by atoms with van der Waals surface area (Å²) in [4.78, 5) is 38.4. The number of halogens is 1. The van der Waals surface area contributed by atoms with Crippen LogP contribution in [0.2, 0.25) is 0 Å². The second-order valence-corrected chi connectivity index (χ2v) is 7.29. The highest BCUT2D eigenvalue weighted by atomic mass is 79.9. The number of benzene rings is 1. The second kappa shape index (κ2) is 6.58. The summed E-state index contributed by atoms with van der Waals surface area (Å²) in [5.41, 5.74) is 0.254. The van der Waals surface area contributed by atoms with Gasteiger partial charge in [0.15, 0.2) is 0 Å². The Hall–Kier alpha value is -2.45. The third-order valence-corrected chi connectivity index (χ3v) is 4.88. The molecule has 1 N–H and O–H groups in total. The molecule has 0 saturated carbocycles. The lowest BCUT2D eigenvalue weighted by molar-refractivity contribution is -0.122. The molecule has 1 aliphatic rings. The van der Waals surface area contributed by atoms with Crippen LogP contribution in [-0.2, 0) is 9.59 Å². The maximum Gasteiger partial charge on any atom is 0.335 e. The molecule has 2 aromatic rings. The molecule has 3 rings (SSSR count). The minimum atomic E-state index is -0.778. The standard InChI is InChI=1S/C16H11BrN2O4S/c1-23-10-4-2-9(3-5-10)19-15(21)12(14(20)18-16(19)22)8-11-6-7-13(17)24-11/h2-8H,1H3,(H,18,20,22). The van der Waals surface area contributed by atoms with E-state index in [1.165, 1.54) is 24.5 Å². The molecule has 1 fully saturated rings. The molecular weight excluding hydrogens is 396 g/mol. The molecule has 8 heteroatoms. The van der Waals surface area contributed by atoms with Crippen LogP contribution in [0.4, 0.5) is 10.5 Å². The van der Waals surface area contributed by atoms with Gasteiger partial charge in [0.1, 0.15) is 11.3 Å². The van der Waals surface area contributed by atoms with Gasteiger partial charge in [0.2, 0.25) is 0 Å². The molecule has 1 saturated heterocycles. The van der Waals surface area contributed by atoms with Gasteiger partial charge in [-0.1, -0.05) is 0 Å². The molecule has 6 nitrogen and oxygen atoms in total. The Morgan fingerprint density at radius 1 is 1.12 bits per heavy atom. The smallest absolute Gasteiger partial charge is 0.335 e. The van der Waals surface area contributed by atoms with E-state index in [9.17, 15) is 14.4 Å². The van der Waals surface area contributed by atoms with E-state index in [0.29, 0.717) is 11.4 Å². The van der Waals surface area contributed by atoms with Gasteiger partial charge in [-0.3, -0.25) is 14.9 Å². The van der Waals surface area contributed by atoms with Gasteiger partial charge in [0, 0.05) is 4.88 Å². The predicted molar refractivity (Wildman–Crippen MR) is 94.0 cm³/mol. The summed E-state index contributed by atoms with van der Waals surface area (Å²) < 4.78 is 5.93. The van der Waals surface area contributed by atoms with Crippen molar-refractivity contribution in [1.82, 2.24) is 5.32 Å². The van der Waals surface area contributed by atoms with E-state index in [4.69, 9.17) is 4.74 Å². The van der Waals surface area contributed by atoms with Crippen LogP contribution in [0.1, 0.15) is 4.88 Å². The SMILES string of the molecule is COc1ccc(N2C(=O)NC(=O)C(=Cc3ccc(Br)s3)C2=O)cc1. The van der Waals surface area contributed by atoms with Crippen molar-refractivity contribution in [2.24, 2.45) is 0 Å². The molecule has 122 valence electrons. The Bertz CT molecular complexity index is 857. The summed E-state index contributed by atoms with van der Waals surface area (Å²) in [6, 6.07) is 9.22. The van der Waals surface area contributed by atoms with Gasteiger partial charge in [-0.15, -0.1) is 11.3 Å². The number of rotatable bonds is 3. The summed E-state index contributed by atoms with van der Waals surface area (Å²) >= 11 is 4.70. The third-order valence-electron chi connectivity index (χ3n) is 3.31. The van der Waals surface area contributed by atoms with Gasteiger partial charge in [-0.25, -0.2) is 9.69 Å². The zero-order valence-corrected chi connectivity index (χ0v) is 14.8. The first-order chi connectivity index (χ1) is 11.5. The molecule has 0 radical (unpaired) electrons. The minimum Gasteiger partial charge on any atom is -0.497 e. The number of carbonyl (C=O) groups is 3. The van der Waals surface area contributed by atoms with Crippen molar-refractivity contribution in [1.29, 1.82) is 0 Å². The molecule has 24 heavy (non-hydrogen) atoms. The lowest BCUT2D eigenvalue weighted by Gasteiger charge is -2.26. The Balaban J connectivity index is 1.97. The Kier molecular flexibility index (Phi) is 4.50. The maximum absolute atomic E-state index is 12.7. The highest BCUT2D eigenvalue weighted by Crippen LogP contribution is 2.27. The van der Waals surface area contributed by atoms with Crippen molar-refractivity contribution < 1.29 is 19.1 Å². The van der Waals surface area contributed by atoms with Crippen LogP contribution < -0.4 is 15.0 Å². The molecule has 0 spiro atoms. The number of hydrogen-bond donors (Lipinski definition) is 1. The summed E-state index contributed by atoms with van der Waals surface area (Å²) in [5, 5.41) is 2.18. The second-order valence-electron chi connectivity index (χ2n) is 4.80. The number of ether oxygens (including phenoxy) is 1. The predicted octanol–water partition coefficient (Wildman–Crippen LogP) is 3.19. The molecule has 0 aliphatic carbocycles. The highest BCUT2D eigenvalue weighted by Gasteiger charge is 2.36. The zero-order valence-electron chi connectivity index (χ0n) is 12.4. The summed E-state index contributed by atoms with van der Waals surface area (Å²) in [7, 11) is 1.52. The monoisotopic (exact) mass is 406 g/mol. The lowest BCUT2D eigenvalue weighted by atomic mass is 10.1. The first-order valence-electron chi connectivity index (χ1n) is 6.80. The largest absolute Gasteiger partial charge is 0.497 e. The number of thiophene rings is 1. The van der Waals surface area contributed by atoms with Crippen molar-refractivity contribution >= 4 is 56.9 Å². The summed E-state index contributed by atoms with van der Waals surface area (Å²) in [6.45, 7) is 0. The van der Waals surface area contributed by atoms with Crippen LogP contribution in [0.25, 0.3) is 6.08 Å². The van der Waals surface area contributed by atoms with E-state index in [1.54, 1.807) is 30.3 Å². The van der Waals surface area contributed by atoms with Crippen molar-refractivity contribution in [2.75, 3.05) is 12.0 Å². The number of urea groups is 1. The molecule has 0 bridgehead atoms. The normalized spacial score (nSPS) is 16.5. The Morgan fingerprint density at radius 2 is 1.83 bits per heavy atom. The Labute approximate surface area is 149 Å². The van der Waals surface area contributed by atoms with E-state index < -0.39 is 17.8 Å². The number of amides is 4. The molecule has 1 aromatic heterocycles. The molecule has 0 unspecified atom stereocenters. The van der Waals surface area contributed by atoms with E-state index in [2.05, 4.69) is 21.2 Å². The van der Waals surface area contributed by atoms with Gasteiger partial charge in [-0.2, -0.15) is 0 Å². The average Bonchev–Trinajstić information content (AvgIpc) is 2.97. The fraction of sp³-hybridized carbons (Fsp3) is 0.0625. The van der Waals surface area contributed by atoms with Gasteiger partial charge >= 0.3 is 6.03 Å². The topological polar surface area (TPSA) is 75.7 Å². The minimum absolute atomic E-state index is 0.0974. The van der Waals surface area contributed by atoms with E-state index >= 15 is 0 Å². The van der Waals surface area contributed by atoms with E-state index in [1.807, 2.05) is 6.07 Å². The van der Waals surface area contributed by atoms with Crippen molar-refractivity contribution in [3.8, 4) is 5.75 Å². The van der Waals surface area contributed by atoms with Crippen LogP contribution in [0.3, 0.4) is 0 Å². The number of anilines is 1. The fourth-order valence-electron chi connectivity index (χ4n) is 2.17. The van der Waals surface area contributed by atoms with E-state index in [-0.39, 0.29) is 5.57 Å². The number of imide groups is 2. The van der Waals surface area contributed by atoms with Crippen LogP contribution in [-0.4, -0.2) is 25.0 Å². The van der Waals surface area contributed by atoms with Gasteiger partial charge in [0.25, 0.3) is 11.8 Å². The highest BCUT2D eigenvalue weighted by molar-refractivity contribution is 9.11. The number of carbonyl (C=O) groups excluding carboxylic acids is 3. The van der Waals surface area contributed by atoms with Crippen LogP contribution in [0.5, 0.6) is 5.75 Å². The zero-order chi connectivity index (χ0) is 17.3. The number of methoxy groups -OCH3 is 1. The lowest BCUT2D eigenvalue weighted by Crippen LogP contribution is -2.54. The fourth-order valence-corrected chi connectivity index (χ4v) is 3.54. The Morgan fingerprint density at radius 3 is 2.42 bits per heavy atom. The number of nitrogens with zero attached hydrogens (tertiary/aromatic N) is 1. The van der Waals surface area contributed by atoms with Gasteiger partial charge in [0.05, 0.1) is 16.6 Å². The number of barbiturate groups is 1. The molecule has 2 heterocycles. The van der Waals surface area contributed by atoms with Crippen LogP contribution in [0.15, 0.2) is 45.8 Å². The average molecular weight is 407 g/mol. The van der Waals surface area contributed by atoms with Crippen LogP contribution >= 0.6 is 27.3 Å². The summed E-state index contributed by atoms with van der Waals surface area (Å²) in [6.07, 6.45) is 1.47. The quantitative estimate of drug-likeness (QED) is 0.627. The number of nitrogens with one attached hydrogen (secondary N) is 1. The first kappa shape index (κ1) is 16.4. The molecule has 0 atom stereocenters. The van der Waals surface area contributed by atoms with Gasteiger partial charge in [-0.05, 0) is 58.4 Å². The summed E-state index contributed by atoms with van der Waals surface area (Å²) in [5.74, 6) is -0.781. The van der Waals surface area contributed by atoms with Crippen molar-refractivity contribution in [3.63, 3.8) is 0 Å². The molecule has 4 amide bonds. The van der Waals surface area contributed by atoms with Gasteiger partial charge < -0.3 is 4.74 Å². The van der Waals surface area contributed by atoms with Crippen LogP contribution in [0, 0.1) is 0 Å². The third kappa shape index (κ3) is 3.10. The first-order valence-corrected chi connectivity index (χ1v) is 8.41. The van der Waals surface area contributed by atoms with Crippen molar-refractivity contribution in [2.45, 2.75) is 0 Å². The van der Waals surface area contributed by atoms with E-state index in [0.717, 1.165) is 13.6 Å². The molecule has 1 aromatic carbocycles.